The number of nitrogens with zero attached hydrogens (tertiary/aromatic N) is 2. The molecule has 2 aromatic rings. The van der Waals surface area contributed by atoms with Crippen LogP contribution in [0.5, 0.6) is 0 Å². The van der Waals surface area contributed by atoms with E-state index >= 15 is 0 Å². The maximum Gasteiger partial charge on any atom is 0.324 e. The lowest BCUT2D eigenvalue weighted by atomic mass is 10.3. The average Bonchev–Trinajstić information content (AvgIpc) is 2.57. The van der Waals surface area contributed by atoms with E-state index in [1.807, 2.05) is 38.2 Å². The second kappa shape index (κ2) is 5.22. The Labute approximate surface area is 113 Å². The normalized spacial score (nSPS) is 10.2. The molecule has 2 rings (SSSR count). The second-order valence-electron chi connectivity index (χ2n) is 3.88. The lowest BCUT2D eigenvalue weighted by molar-refractivity contribution is 0.262. The second-order valence-corrected chi connectivity index (χ2v) is 4.80. The molecule has 1 aromatic heterocycles. The van der Waals surface area contributed by atoms with Gasteiger partial charge in [0.25, 0.3) is 0 Å². The quantitative estimate of drug-likeness (QED) is 0.895. The van der Waals surface area contributed by atoms with Gasteiger partial charge in [-0.05, 0) is 25.1 Å². The summed E-state index contributed by atoms with van der Waals surface area (Å²) in [5.74, 6) is 0.530. The van der Waals surface area contributed by atoms with Crippen molar-refractivity contribution in [2.24, 2.45) is 7.05 Å². The van der Waals surface area contributed by atoms with E-state index in [1.54, 1.807) is 10.7 Å². The first-order valence-corrected chi connectivity index (χ1v) is 6.18. The van der Waals surface area contributed by atoms with Crippen LogP contribution in [-0.2, 0) is 7.05 Å². The third kappa shape index (κ3) is 3.10. The van der Waals surface area contributed by atoms with Gasteiger partial charge in [-0.25, -0.2) is 4.79 Å². The number of urea groups is 1. The summed E-state index contributed by atoms with van der Waals surface area (Å²) in [6.07, 6.45) is 0. The summed E-state index contributed by atoms with van der Waals surface area (Å²) >= 11 is 3.34. The van der Waals surface area contributed by atoms with Crippen molar-refractivity contribution in [3.05, 3.63) is 40.5 Å². The van der Waals surface area contributed by atoms with E-state index in [1.165, 1.54) is 0 Å². The van der Waals surface area contributed by atoms with Crippen LogP contribution in [0.15, 0.2) is 34.8 Å². The number of carbonyl (C=O) groups is 1. The lowest BCUT2D eigenvalue weighted by Crippen LogP contribution is -2.19. The minimum Gasteiger partial charge on any atom is -0.308 e. The largest absolute Gasteiger partial charge is 0.324 e. The van der Waals surface area contributed by atoms with E-state index in [0.717, 1.165) is 15.9 Å². The molecule has 0 aliphatic heterocycles. The van der Waals surface area contributed by atoms with Crippen LogP contribution in [0.3, 0.4) is 0 Å². The molecule has 18 heavy (non-hydrogen) atoms. The number of benzene rings is 1. The summed E-state index contributed by atoms with van der Waals surface area (Å²) in [5.41, 5.74) is 1.70. The molecule has 0 atom stereocenters. The molecule has 5 nitrogen and oxygen atoms in total. The number of rotatable bonds is 2. The fourth-order valence-corrected chi connectivity index (χ4v) is 1.87. The van der Waals surface area contributed by atoms with E-state index < -0.39 is 0 Å². The maximum absolute atomic E-state index is 11.7. The zero-order chi connectivity index (χ0) is 13.1. The van der Waals surface area contributed by atoms with Crippen molar-refractivity contribution < 1.29 is 4.79 Å². The molecule has 0 fully saturated rings. The number of anilines is 2. The number of nitrogens with one attached hydrogen (secondary N) is 2. The first-order chi connectivity index (χ1) is 8.54. The number of aromatic nitrogens is 2. The molecule has 2 amide bonds. The number of hydrogen-bond donors (Lipinski definition) is 2. The molecule has 2 N–H and O–H groups in total. The molecule has 0 bridgehead atoms. The van der Waals surface area contributed by atoms with Crippen LogP contribution >= 0.6 is 15.9 Å². The first kappa shape index (κ1) is 12.6. The molecule has 6 heteroatoms. The van der Waals surface area contributed by atoms with Gasteiger partial charge in [-0.1, -0.05) is 22.0 Å². The van der Waals surface area contributed by atoms with Crippen molar-refractivity contribution in [1.29, 1.82) is 0 Å². The molecule has 1 aromatic carbocycles. The van der Waals surface area contributed by atoms with Crippen molar-refractivity contribution in [2.45, 2.75) is 6.92 Å². The third-order valence-corrected chi connectivity index (χ3v) is 2.93. The molecule has 0 aliphatic rings. The fourth-order valence-electron chi connectivity index (χ4n) is 1.47. The molecule has 1 heterocycles. The highest BCUT2D eigenvalue weighted by atomic mass is 79.9. The van der Waals surface area contributed by atoms with Crippen LogP contribution in [0.25, 0.3) is 0 Å². The molecular formula is C12H13BrN4O. The third-order valence-electron chi connectivity index (χ3n) is 2.44. The lowest BCUT2D eigenvalue weighted by Gasteiger charge is -2.05. The van der Waals surface area contributed by atoms with Crippen molar-refractivity contribution in [2.75, 3.05) is 10.6 Å². The Balaban J connectivity index is 2.01. The summed E-state index contributed by atoms with van der Waals surface area (Å²) in [6, 6.07) is 8.87. The van der Waals surface area contributed by atoms with Gasteiger partial charge < -0.3 is 5.32 Å². The van der Waals surface area contributed by atoms with Crippen molar-refractivity contribution >= 4 is 33.5 Å². The smallest absolute Gasteiger partial charge is 0.308 e. The predicted molar refractivity (Wildman–Crippen MR) is 74.7 cm³/mol. The van der Waals surface area contributed by atoms with Crippen LogP contribution in [0.2, 0.25) is 0 Å². The van der Waals surface area contributed by atoms with Gasteiger partial charge in [0.05, 0.1) is 0 Å². The molecule has 0 aliphatic carbocycles. The van der Waals surface area contributed by atoms with Gasteiger partial charge in [-0.15, -0.1) is 0 Å². The van der Waals surface area contributed by atoms with Crippen molar-refractivity contribution in [3.63, 3.8) is 0 Å². The minimum atomic E-state index is -0.314. The standard InChI is InChI=1S/C12H13BrN4O/c1-8-6-11(16-17(8)2)15-12(18)14-10-5-3-4-9(13)7-10/h3-7H,1-2H3,(H2,14,15,16,18). The summed E-state index contributed by atoms with van der Waals surface area (Å²) in [7, 11) is 1.83. The van der Waals surface area contributed by atoms with E-state index in [0.29, 0.717) is 5.82 Å². The number of halogens is 1. The van der Waals surface area contributed by atoms with Gasteiger partial charge in [0.2, 0.25) is 0 Å². The number of hydrogen-bond acceptors (Lipinski definition) is 2. The van der Waals surface area contributed by atoms with E-state index in [4.69, 9.17) is 0 Å². The van der Waals surface area contributed by atoms with Crippen LogP contribution in [-0.4, -0.2) is 15.8 Å². The molecule has 0 saturated heterocycles. The zero-order valence-corrected chi connectivity index (χ0v) is 11.7. The molecule has 0 saturated carbocycles. The van der Waals surface area contributed by atoms with Gasteiger partial charge in [0.15, 0.2) is 5.82 Å². The number of amides is 2. The van der Waals surface area contributed by atoms with Gasteiger partial charge in [0, 0.05) is 29.0 Å². The van der Waals surface area contributed by atoms with Gasteiger partial charge in [-0.2, -0.15) is 5.10 Å². The Kier molecular flexibility index (Phi) is 3.66. The topological polar surface area (TPSA) is 59.0 Å². The Bertz CT molecular complexity index is 560. The minimum absolute atomic E-state index is 0.314. The summed E-state index contributed by atoms with van der Waals surface area (Å²) < 4.78 is 2.61. The molecule has 0 spiro atoms. The van der Waals surface area contributed by atoms with E-state index in [9.17, 15) is 4.79 Å². The maximum atomic E-state index is 11.7. The highest BCUT2D eigenvalue weighted by Gasteiger charge is 2.06. The van der Waals surface area contributed by atoms with E-state index in [-0.39, 0.29) is 6.03 Å². The Morgan fingerprint density at radius 2 is 2.11 bits per heavy atom. The van der Waals surface area contributed by atoms with Crippen LogP contribution in [0.1, 0.15) is 5.69 Å². The molecular weight excluding hydrogens is 296 g/mol. The van der Waals surface area contributed by atoms with Gasteiger partial charge >= 0.3 is 6.03 Å². The SMILES string of the molecule is Cc1cc(NC(=O)Nc2cccc(Br)c2)nn1C. The summed E-state index contributed by atoms with van der Waals surface area (Å²) in [4.78, 5) is 11.7. The highest BCUT2D eigenvalue weighted by Crippen LogP contribution is 2.16. The summed E-state index contributed by atoms with van der Waals surface area (Å²) in [6.45, 7) is 1.92. The molecule has 0 radical (unpaired) electrons. The Hall–Kier alpha value is -1.82. The number of aryl methyl sites for hydroxylation is 2. The highest BCUT2D eigenvalue weighted by molar-refractivity contribution is 9.10. The number of carbonyl (C=O) groups excluding carboxylic acids is 1. The fraction of sp³-hybridized carbons (Fsp3) is 0.167. The van der Waals surface area contributed by atoms with Crippen molar-refractivity contribution in [1.82, 2.24) is 9.78 Å². The van der Waals surface area contributed by atoms with Crippen molar-refractivity contribution in [3.8, 4) is 0 Å². The first-order valence-electron chi connectivity index (χ1n) is 5.39. The Morgan fingerprint density at radius 1 is 1.33 bits per heavy atom. The summed E-state index contributed by atoms with van der Waals surface area (Å²) in [5, 5.41) is 9.55. The predicted octanol–water partition coefficient (Wildman–Crippen LogP) is 3.14. The Morgan fingerprint density at radius 3 is 2.72 bits per heavy atom. The van der Waals surface area contributed by atoms with Gasteiger partial charge in [0.1, 0.15) is 0 Å². The molecule has 0 unspecified atom stereocenters. The van der Waals surface area contributed by atoms with E-state index in [2.05, 4.69) is 31.7 Å². The van der Waals surface area contributed by atoms with Gasteiger partial charge in [-0.3, -0.25) is 10.00 Å². The van der Waals surface area contributed by atoms with Crippen LogP contribution in [0.4, 0.5) is 16.3 Å². The zero-order valence-electron chi connectivity index (χ0n) is 10.1. The van der Waals surface area contributed by atoms with Crippen LogP contribution < -0.4 is 10.6 Å². The monoisotopic (exact) mass is 308 g/mol. The van der Waals surface area contributed by atoms with Crippen LogP contribution in [0, 0.1) is 6.92 Å². The average molecular weight is 309 g/mol. The molecule has 94 valence electrons.